The number of aromatic nitrogens is 1. The van der Waals surface area contributed by atoms with Crippen molar-refractivity contribution in [1.82, 2.24) is 10.3 Å². The van der Waals surface area contributed by atoms with Gasteiger partial charge in [-0.3, -0.25) is 4.98 Å². The Morgan fingerprint density at radius 3 is 3.36 bits per heavy atom. The largest absolute Gasteiger partial charge is 0.312 e. The summed E-state index contributed by atoms with van der Waals surface area (Å²) in [5.41, 5.74) is 2.62. The van der Waals surface area contributed by atoms with E-state index >= 15 is 0 Å². The van der Waals surface area contributed by atoms with Crippen molar-refractivity contribution in [3.05, 3.63) is 29.6 Å². The van der Waals surface area contributed by atoms with Gasteiger partial charge in [0.2, 0.25) is 0 Å². The predicted octanol–water partition coefficient (Wildman–Crippen LogP) is 1.29. The fourth-order valence-electron chi connectivity index (χ4n) is 1.56. The summed E-state index contributed by atoms with van der Waals surface area (Å²) in [6, 6.07) is 4.14. The normalized spacial score (nSPS) is 22.8. The Morgan fingerprint density at radius 2 is 2.55 bits per heavy atom. The first kappa shape index (κ1) is 6.80. The van der Waals surface area contributed by atoms with Crippen LogP contribution in [0.15, 0.2) is 18.3 Å². The lowest BCUT2D eigenvalue weighted by Gasteiger charge is -2.21. The van der Waals surface area contributed by atoms with E-state index in [2.05, 4.69) is 23.3 Å². The van der Waals surface area contributed by atoms with Crippen LogP contribution in [0, 0.1) is 0 Å². The zero-order valence-electron chi connectivity index (χ0n) is 6.67. The van der Waals surface area contributed by atoms with Gasteiger partial charge in [-0.15, -0.1) is 0 Å². The Kier molecular flexibility index (Phi) is 1.62. The average molecular weight is 148 g/mol. The molecular weight excluding hydrogens is 136 g/mol. The molecule has 0 amide bonds. The Bertz CT molecular complexity index is 257. The van der Waals surface area contributed by atoms with Gasteiger partial charge in [0.1, 0.15) is 0 Å². The van der Waals surface area contributed by atoms with Gasteiger partial charge in [0.05, 0.1) is 0 Å². The monoisotopic (exact) mass is 148 g/mol. The van der Waals surface area contributed by atoms with Crippen LogP contribution in [-0.4, -0.2) is 11.5 Å². The van der Waals surface area contributed by atoms with E-state index in [0.717, 1.165) is 13.1 Å². The summed E-state index contributed by atoms with van der Waals surface area (Å²) >= 11 is 0. The van der Waals surface area contributed by atoms with Crippen LogP contribution in [0.25, 0.3) is 0 Å². The van der Waals surface area contributed by atoms with Crippen molar-refractivity contribution in [3.63, 3.8) is 0 Å². The Balaban J connectivity index is 2.44. The van der Waals surface area contributed by atoms with Crippen LogP contribution in [0.3, 0.4) is 0 Å². The number of pyridine rings is 1. The molecule has 2 nitrogen and oxygen atoms in total. The molecule has 11 heavy (non-hydrogen) atoms. The van der Waals surface area contributed by atoms with E-state index in [1.165, 1.54) is 11.3 Å². The summed E-state index contributed by atoms with van der Waals surface area (Å²) in [5, 5.41) is 3.35. The third-order valence-corrected chi connectivity index (χ3v) is 2.16. The average Bonchev–Trinajstić information content (AvgIpc) is 2.06. The second-order valence-electron chi connectivity index (χ2n) is 3.08. The zero-order valence-corrected chi connectivity index (χ0v) is 6.67. The molecule has 2 heterocycles. The lowest BCUT2D eigenvalue weighted by atomic mass is 9.98. The topological polar surface area (TPSA) is 24.9 Å². The van der Waals surface area contributed by atoms with Gasteiger partial charge in [0.15, 0.2) is 0 Å². The molecule has 0 fully saturated rings. The Hall–Kier alpha value is -0.890. The van der Waals surface area contributed by atoms with Crippen LogP contribution in [0.5, 0.6) is 0 Å². The van der Waals surface area contributed by atoms with E-state index in [1.54, 1.807) is 0 Å². The van der Waals surface area contributed by atoms with Gasteiger partial charge < -0.3 is 5.32 Å². The summed E-state index contributed by atoms with van der Waals surface area (Å²) in [5.74, 6) is 0.569. The second kappa shape index (κ2) is 2.62. The van der Waals surface area contributed by atoms with Gasteiger partial charge in [-0.05, 0) is 11.6 Å². The molecule has 2 heteroatoms. The molecule has 58 valence electrons. The van der Waals surface area contributed by atoms with E-state index < -0.39 is 0 Å². The molecule has 0 saturated carbocycles. The molecule has 0 aromatic carbocycles. The molecule has 1 N–H and O–H groups in total. The first-order valence-electron chi connectivity index (χ1n) is 4.02. The molecule has 1 aliphatic heterocycles. The van der Waals surface area contributed by atoms with Gasteiger partial charge in [0, 0.05) is 30.9 Å². The summed E-state index contributed by atoms with van der Waals surface area (Å²) < 4.78 is 0. The number of nitrogens with zero attached hydrogens (tertiary/aromatic N) is 1. The molecule has 0 aliphatic carbocycles. The Morgan fingerprint density at radius 1 is 1.64 bits per heavy atom. The first-order valence-corrected chi connectivity index (χ1v) is 4.02. The minimum absolute atomic E-state index is 0.569. The standard InChI is InChI=1S/C9H12N2/c1-7-5-10-6-8-3-2-4-11-9(7)8/h2-4,7,10H,5-6H2,1H3/t7-/m0/s1. The molecule has 0 bridgehead atoms. The van der Waals surface area contributed by atoms with Crippen molar-refractivity contribution in [2.24, 2.45) is 0 Å². The van der Waals surface area contributed by atoms with Crippen molar-refractivity contribution in [2.45, 2.75) is 19.4 Å². The van der Waals surface area contributed by atoms with Gasteiger partial charge >= 0.3 is 0 Å². The highest BCUT2D eigenvalue weighted by Crippen LogP contribution is 2.19. The molecule has 0 spiro atoms. The smallest absolute Gasteiger partial charge is 0.0489 e. The van der Waals surface area contributed by atoms with Gasteiger partial charge in [0.25, 0.3) is 0 Å². The van der Waals surface area contributed by atoms with E-state index in [9.17, 15) is 0 Å². The van der Waals surface area contributed by atoms with Crippen molar-refractivity contribution >= 4 is 0 Å². The van der Waals surface area contributed by atoms with Crippen molar-refractivity contribution in [1.29, 1.82) is 0 Å². The predicted molar refractivity (Wildman–Crippen MR) is 44.4 cm³/mol. The number of nitrogens with one attached hydrogen (secondary N) is 1. The summed E-state index contributed by atoms with van der Waals surface area (Å²) in [4.78, 5) is 4.36. The molecule has 1 aromatic rings. The van der Waals surface area contributed by atoms with E-state index in [-0.39, 0.29) is 0 Å². The SMILES string of the molecule is C[C@H]1CNCc2cccnc21. The van der Waals surface area contributed by atoms with E-state index in [0.29, 0.717) is 5.92 Å². The van der Waals surface area contributed by atoms with E-state index in [1.807, 2.05) is 12.3 Å². The molecule has 1 aromatic heterocycles. The summed E-state index contributed by atoms with van der Waals surface area (Å²) in [6.07, 6.45) is 1.88. The zero-order chi connectivity index (χ0) is 7.68. The minimum atomic E-state index is 0.569. The second-order valence-corrected chi connectivity index (χ2v) is 3.08. The highest BCUT2D eigenvalue weighted by Gasteiger charge is 2.15. The van der Waals surface area contributed by atoms with Gasteiger partial charge in [-0.1, -0.05) is 13.0 Å². The lowest BCUT2D eigenvalue weighted by Crippen LogP contribution is -2.27. The van der Waals surface area contributed by atoms with Gasteiger partial charge in [-0.25, -0.2) is 0 Å². The summed E-state index contributed by atoms with van der Waals surface area (Å²) in [7, 11) is 0. The molecule has 1 atom stereocenters. The van der Waals surface area contributed by atoms with Crippen molar-refractivity contribution < 1.29 is 0 Å². The molecule has 1 aliphatic rings. The Labute approximate surface area is 66.7 Å². The van der Waals surface area contributed by atoms with Crippen LogP contribution in [-0.2, 0) is 6.54 Å². The highest BCUT2D eigenvalue weighted by atomic mass is 14.9. The maximum absolute atomic E-state index is 4.36. The number of hydrogen-bond acceptors (Lipinski definition) is 2. The summed E-state index contributed by atoms with van der Waals surface area (Å²) in [6.45, 7) is 4.25. The van der Waals surface area contributed by atoms with Gasteiger partial charge in [-0.2, -0.15) is 0 Å². The minimum Gasteiger partial charge on any atom is -0.312 e. The molecule has 0 radical (unpaired) electrons. The third-order valence-electron chi connectivity index (χ3n) is 2.16. The fourth-order valence-corrected chi connectivity index (χ4v) is 1.56. The molecule has 0 saturated heterocycles. The third kappa shape index (κ3) is 1.14. The van der Waals surface area contributed by atoms with E-state index in [4.69, 9.17) is 0 Å². The maximum atomic E-state index is 4.36. The highest BCUT2D eigenvalue weighted by molar-refractivity contribution is 5.25. The van der Waals surface area contributed by atoms with Crippen molar-refractivity contribution in [3.8, 4) is 0 Å². The quantitative estimate of drug-likeness (QED) is 0.599. The molecular formula is C9H12N2. The number of hydrogen-bond donors (Lipinski definition) is 1. The number of fused-ring (bicyclic) bond motifs is 1. The fraction of sp³-hybridized carbons (Fsp3) is 0.444. The van der Waals surface area contributed by atoms with Crippen LogP contribution < -0.4 is 5.32 Å². The van der Waals surface area contributed by atoms with Crippen LogP contribution >= 0.6 is 0 Å². The molecule has 2 rings (SSSR count). The maximum Gasteiger partial charge on any atom is 0.0489 e. The van der Waals surface area contributed by atoms with Crippen LogP contribution in [0.4, 0.5) is 0 Å². The lowest BCUT2D eigenvalue weighted by molar-refractivity contribution is 0.556. The number of rotatable bonds is 0. The van der Waals surface area contributed by atoms with Crippen LogP contribution in [0.1, 0.15) is 24.1 Å². The van der Waals surface area contributed by atoms with Crippen molar-refractivity contribution in [2.75, 3.05) is 6.54 Å². The molecule has 0 unspecified atom stereocenters. The van der Waals surface area contributed by atoms with Crippen LogP contribution in [0.2, 0.25) is 0 Å². The first-order chi connectivity index (χ1) is 5.38.